The van der Waals surface area contributed by atoms with Gasteiger partial charge in [0.15, 0.2) is 0 Å². The number of carbonyl (C=O) groups is 2. The Morgan fingerprint density at radius 3 is 2.48 bits per heavy atom. The van der Waals surface area contributed by atoms with Crippen LogP contribution in [0, 0.1) is 0 Å². The molecule has 0 saturated heterocycles. The number of anilines is 1. The molecule has 0 aliphatic rings. The van der Waals surface area contributed by atoms with Gasteiger partial charge in [-0.1, -0.05) is 12.1 Å². The zero-order valence-electron chi connectivity index (χ0n) is 13.5. The molecule has 122 valence electrons. The second kappa shape index (κ2) is 6.16. The van der Waals surface area contributed by atoms with Crippen LogP contribution in [0.4, 0.5) is 10.5 Å². The van der Waals surface area contributed by atoms with Gasteiger partial charge in [0.2, 0.25) is 0 Å². The lowest BCUT2D eigenvalue weighted by Crippen LogP contribution is -2.27. The van der Waals surface area contributed by atoms with Gasteiger partial charge < -0.3 is 14.6 Å². The van der Waals surface area contributed by atoms with E-state index in [0.29, 0.717) is 16.5 Å². The fourth-order valence-electron chi connectivity index (χ4n) is 2.18. The fraction of sp³-hybridized carbons (Fsp3) is 0.294. The van der Waals surface area contributed by atoms with E-state index in [4.69, 9.17) is 9.47 Å². The van der Waals surface area contributed by atoms with E-state index in [1.807, 2.05) is 0 Å². The number of aromatic hydroxyl groups is 1. The van der Waals surface area contributed by atoms with Crippen LogP contribution in [0.1, 0.15) is 31.1 Å². The molecule has 0 radical (unpaired) electrons. The number of rotatable bonds is 2. The zero-order chi connectivity index (χ0) is 17.2. The standard InChI is InChI=1S/C17H19NO5/c1-17(2,3)23-16(21)18-11-8-10-6-5-7-12(15(20)22-4)14(10)13(19)9-11/h5-9,19H,1-4H3,(H,18,21). The number of nitrogens with one attached hydrogen (secondary N) is 1. The lowest BCUT2D eigenvalue weighted by Gasteiger charge is -2.20. The average molecular weight is 317 g/mol. The van der Waals surface area contributed by atoms with Gasteiger partial charge in [-0.3, -0.25) is 5.32 Å². The van der Waals surface area contributed by atoms with Crippen molar-refractivity contribution in [3.8, 4) is 5.75 Å². The molecule has 2 N–H and O–H groups in total. The van der Waals surface area contributed by atoms with Crippen molar-refractivity contribution in [1.29, 1.82) is 0 Å². The summed E-state index contributed by atoms with van der Waals surface area (Å²) in [4.78, 5) is 23.6. The number of fused-ring (bicyclic) bond motifs is 1. The van der Waals surface area contributed by atoms with Crippen molar-refractivity contribution >= 4 is 28.5 Å². The van der Waals surface area contributed by atoms with Crippen LogP contribution in [0.3, 0.4) is 0 Å². The Kier molecular flexibility index (Phi) is 4.45. The number of hydrogen-bond donors (Lipinski definition) is 2. The van der Waals surface area contributed by atoms with Gasteiger partial charge in [0, 0.05) is 17.1 Å². The van der Waals surface area contributed by atoms with Crippen molar-refractivity contribution in [3.05, 3.63) is 35.9 Å². The number of phenols is 1. The predicted molar refractivity (Wildman–Crippen MR) is 86.8 cm³/mol. The summed E-state index contributed by atoms with van der Waals surface area (Å²) < 4.78 is 9.88. The van der Waals surface area contributed by atoms with Crippen molar-refractivity contribution in [2.75, 3.05) is 12.4 Å². The Balaban J connectivity index is 2.39. The summed E-state index contributed by atoms with van der Waals surface area (Å²) in [6, 6.07) is 7.96. The molecule has 0 aliphatic carbocycles. The third-order valence-electron chi connectivity index (χ3n) is 3.01. The van der Waals surface area contributed by atoms with Crippen LogP contribution in [-0.4, -0.2) is 29.9 Å². The van der Waals surface area contributed by atoms with Crippen molar-refractivity contribution in [3.63, 3.8) is 0 Å². The van der Waals surface area contributed by atoms with E-state index in [1.165, 1.54) is 13.2 Å². The lowest BCUT2D eigenvalue weighted by atomic mass is 10.0. The first kappa shape index (κ1) is 16.6. The maximum absolute atomic E-state index is 11.8. The molecule has 0 unspecified atom stereocenters. The number of benzene rings is 2. The van der Waals surface area contributed by atoms with Gasteiger partial charge in [0.1, 0.15) is 11.4 Å². The summed E-state index contributed by atoms with van der Waals surface area (Å²) in [5, 5.41) is 13.7. The van der Waals surface area contributed by atoms with E-state index in [0.717, 1.165) is 0 Å². The summed E-state index contributed by atoms with van der Waals surface area (Å²) in [7, 11) is 1.27. The summed E-state index contributed by atoms with van der Waals surface area (Å²) in [5.74, 6) is -0.673. The maximum atomic E-state index is 11.8. The normalized spacial score (nSPS) is 11.1. The molecular formula is C17H19NO5. The highest BCUT2D eigenvalue weighted by Gasteiger charge is 2.18. The van der Waals surface area contributed by atoms with Gasteiger partial charge in [-0.2, -0.15) is 0 Å². The van der Waals surface area contributed by atoms with E-state index in [2.05, 4.69) is 5.32 Å². The van der Waals surface area contributed by atoms with Crippen LogP contribution in [-0.2, 0) is 9.47 Å². The molecule has 2 aromatic carbocycles. The summed E-state index contributed by atoms with van der Waals surface area (Å²) in [6.07, 6.45) is -0.625. The molecule has 0 spiro atoms. The Hall–Kier alpha value is -2.76. The van der Waals surface area contributed by atoms with Crippen LogP contribution in [0.2, 0.25) is 0 Å². The molecule has 0 heterocycles. The van der Waals surface area contributed by atoms with Gasteiger partial charge in [0.05, 0.1) is 12.7 Å². The Labute approximate surface area is 134 Å². The molecular weight excluding hydrogens is 298 g/mol. The SMILES string of the molecule is COC(=O)c1cccc2cc(NC(=O)OC(C)(C)C)cc(O)c12. The second-order valence-electron chi connectivity index (χ2n) is 6.02. The van der Waals surface area contributed by atoms with Gasteiger partial charge >= 0.3 is 12.1 Å². The molecule has 2 rings (SSSR count). The first-order chi connectivity index (χ1) is 10.7. The fourth-order valence-corrected chi connectivity index (χ4v) is 2.18. The largest absolute Gasteiger partial charge is 0.507 e. The van der Waals surface area contributed by atoms with Crippen LogP contribution in [0.15, 0.2) is 30.3 Å². The van der Waals surface area contributed by atoms with Crippen molar-refractivity contribution in [1.82, 2.24) is 0 Å². The number of methoxy groups -OCH3 is 1. The molecule has 23 heavy (non-hydrogen) atoms. The van der Waals surface area contributed by atoms with Crippen LogP contribution >= 0.6 is 0 Å². The molecule has 0 bridgehead atoms. The van der Waals surface area contributed by atoms with Crippen LogP contribution < -0.4 is 5.32 Å². The third-order valence-corrected chi connectivity index (χ3v) is 3.01. The highest BCUT2D eigenvalue weighted by Crippen LogP contribution is 2.32. The first-order valence-electron chi connectivity index (χ1n) is 7.05. The topological polar surface area (TPSA) is 84.9 Å². The molecule has 0 aromatic heterocycles. The highest BCUT2D eigenvalue weighted by atomic mass is 16.6. The van der Waals surface area contributed by atoms with Crippen molar-refractivity contribution < 1.29 is 24.2 Å². The van der Waals surface area contributed by atoms with Crippen LogP contribution in [0.5, 0.6) is 5.75 Å². The number of ether oxygens (including phenoxy) is 2. The van der Waals surface area contributed by atoms with E-state index in [1.54, 1.807) is 45.0 Å². The number of esters is 1. The van der Waals surface area contributed by atoms with E-state index in [9.17, 15) is 14.7 Å². The number of phenolic OH excluding ortho intramolecular Hbond substituents is 1. The minimum atomic E-state index is -0.625. The molecule has 6 nitrogen and oxygen atoms in total. The summed E-state index contributed by atoms with van der Waals surface area (Å²) in [5.41, 5.74) is -0.00122. The number of amides is 1. The molecule has 2 aromatic rings. The smallest absolute Gasteiger partial charge is 0.412 e. The van der Waals surface area contributed by atoms with Crippen molar-refractivity contribution in [2.24, 2.45) is 0 Å². The molecule has 0 aliphatic heterocycles. The van der Waals surface area contributed by atoms with E-state index >= 15 is 0 Å². The van der Waals surface area contributed by atoms with Gasteiger partial charge in [-0.15, -0.1) is 0 Å². The monoisotopic (exact) mass is 317 g/mol. The average Bonchev–Trinajstić information content (AvgIpc) is 2.43. The van der Waals surface area contributed by atoms with Gasteiger partial charge in [-0.25, -0.2) is 9.59 Å². The number of hydrogen-bond acceptors (Lipinski definition) is 5. The zero-order valence-corrected chi connectivity index (χ0v) is 13.5. The Bertz CT molecular complexity index is 761. The van der Waals surface area contributed by atoms with Crippen LogP contribution in [0.25, 0.3) is 10.8 Å². The summed E-state index contributed by atoms with van der Waals surface area (Å²) in [6.45, 7) is 5.27. The van der Waals surface area contributed by atoms with Gasteiger partial charge in [-0.05, 0) is 38.3 Å². The molecule has 1 amide bonds. The van der Waals surface area contributed by atoms with Gasteiger partial charge in [0.25, 0.3) is 0 Å². The van der Waals surface area contributed by atoms with E-state index < -0.39 is 17.7 Å². The first-order valence-corrected chi connectivity index (χ1v) is 7.05. The predicted octanol–water partition coefficient (Wildman–Crippen LogP) is 3.68. The third kappa shape index (κ3) is 3.91. The maximum Gasteiger partial charge on any atom is 0.412 e. The molecule has 6 heteroatoms. The van der Waals surface area contributed by atoms with E-state index in [-0.39, 0.29) is 11.3 Å². The highest BCUT2D eigenvalue weighted by molar-refractivity contribution is 6.08. The Morgan fingerprint density at radius 2 is 1.87 bits per heavy atom. The quantitative estimate of drug-likeness (QED) is 0.825. The molecule has 0 atom stereocenters. The second-order valence-corrected chi connectivity index (χ2v) is 6.02. The minimum absolute atomic E-state index is 0.130. The lowest BCUT2D eigenvalue weighted by molar-refractivity contribution is 0.0599. The summed E-state index contributed by atoms with van der Waals surface area (Å²) >= 11 is 0. The molecule has 0 fully saturated rings. The van der Waals surface area contributed by atoms with Crippen molar-refractivity contribution in [2.45, 2.75) is 26.4 Å². The Morgan fingerprint density at radius 1 is 1.17 bits per heavy atom. The minimum Gasteiger partial charge on any atom is -0.507 e. The number of carbonyl (C=O) groups excluding carboxylic acids is 2. The molecule has 0 saturated carbocycles.